The fourth-order valence-electron chi connectivity index (χ4n) is 2.39. The second-order valence-corrected chi connectivity index (χ2v) is 4.57. The van der Waals surface area contributed by atoms with Gasteiger partial charge in [0.25, 0.3) is 0 Å². The lowest BCUT2D eigenvalue weighted by Gasteiger charge is -2.25. The van der Waals surface area contributed by atoms with E-state index >= 15 is 0 Å². The van der Waals surface area contributed by atoms with E-state index in [0.717, 1.165) is 24.2 Å². The van der Waals surface area contributed by atoms with Crippen LogP contribution in [0.2, 0.25) is 0 Å². The van der Waals surface area contributed by atoms with Crippen LogP contribution in [0, 0.1) is 0 Å². The van der Waals surface area contributed by atoms with Crippen molar-refractivity contribution < 1.29 is 4.79 Å². The molecule has 0 fully saturated rings. The average Bonchev–Trinajstić information content (AvgIpc) is 2.47. The third-order valence-corrected chi connectivity index (χ3v) is 3.30. The van der Waals surface area contributed by atoms with Gasteiger partial charge in [-0.15, -0.1) is 0 Å². The van der Waals surface area contributed by atoms with Crippen molar-refractivity contribution in [3.8, 4) is 0 Å². The highest BCUT2D eigenvalue weighted by Gasteiger charge is 2.25. The molecule has 4 heteroatoms. The highest BCUT2D eigenvalue weighted by Crippen LogP contribution is 2.23. The molecule has 0 saturated carbocycles. The third-order valence-electron chi connectivity index (χ3n) is 3.30. The van der Waals surface area contributed by atoms with Gasteiger partial charge in [0.2, 0.25) is 5.91 Å². The minimum atomic E-state index is -0.287. The van der Waals surface area contributed by atoms with E-state index in [1.807, 2.05) is 24.3 Å². The van der Waals surface area contributed by atoms with Crippen molar-refractivity contribution >= 4 is 11.6 Å². The first kappa shape index (κ1) is 11.9. The Morgan fingerprint density at radius 1 is 1.26 bits per heavy atom. The number of benzene rings is 1. The third kappa shape index (κ3) is 2.48. The van der Waals surface area contributed by atoms with Crippen LogP contribution >= 0.6 is 0 Å². The van der Waals surface area contributed by atoms with Gasteiger partial charge in [0, 0.05) is 12.7 Å². The van der Waals surface area contributed by atoms with E-state index in [4.69, 9.17) is 0 Å². The van der Waals surface area contributed by atoms with E-state index in [1.54, 1.807) is 18.5 Å². The molecule has 0 bridgehead atoms. The van der Waals surface area contributed by atoms with Crippen LogP contribution in [-0.4, -0.2) is 17.4 Å². The number of carbonyl (C=O) groups excluding carboxylic acids is 1. The van der Waals surface area contributed by atoms with Crippen LogP contribution in [0.1, 0.15) is 17.2 Å². The molecule has 1 aromatic heterocycles. The molecule has 0 saturated heterocycles. The first-order valence-corrected chi connectivity index (χ1v) is 6.37. The van der Waals surface area contributed by atoms with E-state index in [9.17, 15) is 4.79 Å². The van der Waals surface area contributed by atoms with Crippen LogP contribution in [0.3, 0.4) is 0 Å². The number of fused-ring (bicyclic) bond motifs is 1. The number of anilines is 1. The van der Waals surface area contributed by atoms with E-state index in [1.165, 1.54) is 5.56 Å². The van der Waals surface area contributed by atoms with Crippen LogP contribution in [-0.2, 0) is 11.2 Å². The van der Waals surface area contributed by atoms with Crippen molar-refractivity contribution in [1.82, 2.24) is 10.3 Å². The summed E-state index contributed by atoms with van der Waals surface area (Å²) in [5, 5.41) is 6.15. The summed E-state index contributed by atoms with van der Waals surface area (Å²) in [6, 6.07) is 11.4. The molecule has 19 heavy (non-hydrogen) atoms. The monoisotopic (exact) mass is 253 g/mol. The van der Waals surface area contributed by atoms with Gasteiger partial charge in [-0.25, -0.2) is 0 Å². The van der Waals surface area contributed by atoms with E-state index in [-0.39, 0.29) is 11.9 Å². The predicted octanol–water partition coefficient (Wildman–Crippen LogP) is 1.91. The first-order valence-electron chi connectivity index (χ1n) is 6.37. The normalized spacial score (nSPS) is 17.6. The van der Waals surface area contributed by atoms with Gasteiger partial charge in [0.05, 0.1) is 11.9 Å². The maximum atomic E-state index is 12.3. The van der Waals surface area contributed by atoms with Gasteiger partial charge in [0.15, 0.2) is 0 Å². The summed E-state index contributed by atoms with van der Waals surface area (Å²) in [6.07, 6.45) is 4.29. The van der Waals surface area contributed by atoms with Crippen LogP contribution in [0.15, 0.2) is 48.8 Å². The number of hydrogen-bond acceptors (Lipinski definition) is 3. The Morgan fingerprint density at radius 2 is 2.16 bits per heavy atom. The number of nitrogens with one attached hydrogen (secondary N) is 2. The molecule has 1 unspecified atom stereocenters. The molecule has 1 amide bonds. The predicted molar refractivity (Wildman–Crippen MR) is 73.8 cm³/mol. The van der Waals surface area contributed by atoms with Crippen molar-refractivity contribution in [3.63, 3.8) is 0 Å². The molecular weight excluding hydrogens is 238 g/mol. The number of carbonyl (C=O) groups is 1. The molecule has 2 aromatic rings. The summed E-state index contributed by atoms with van der Waals surface area (Å²) >= 11 is 0. The molecule has 2 heterocycles. The molecule has 0 radical (unpaired) electrons. The van der Waals surface area contributed by atoms with Crippen molar-refractivity contribution in [1.29, 1.82) is 0 Å². The Hall–Kier alpha value is -2.20. The largest absolute Gasteiger partial charge is 0.323 e. The standard InChI is InChI=1S/C15H15N3O/c19-15(18-12-5-3-8-16-10-12)14-13-6-2-1-4-11(13)7-9-17-14/h1-6,8,10,14,17H,7,9H2,(H,18,19). The van der Waals surface area contributed by atoms with Gasteiger partial charge >= 0.3 is 0 Å². The van der Waals surface area contributed by atoms with E-state index in [2.05, 4.69) is 21.7 Å². The summed E-state index contributed by atoms with van der Waals surface area (Å²) in [5.41, 5.74) is 3.03. The molecular formula is C15H15N3O. The molecule has 1 aromatic carbocycles. The molecule has 0 spiro atoms. The summed E-state index contributed by atoms with van der Waals surface area (Å²) < 4.78 is 0. The minimum Gasteiger partial charge on any atom is -0.323 e. The molecule has 4 nitrogen and oxygen atoms in total. The number of nitrogens with zero attached hydrogens (tertiary/aromatic N) is 1. The zero-order valence-corrected chi connectivity index (χ0v) is 10.5. The number of hydrogen-bond donors (Lipinski definition) is 2. The van der Waals surface area contributed by atoms with E-state index < -0.39 is 0 Å². The SMILES string of the molecule is O=C(Nc1cccnc1)C1NCCc2ccccc21. The van der Waals surface area contributed by atoms with E-state index in [0.29, 0.717) is 0 Å². The molecule has 96 valence electrons. The van der Waals surface area contributed by atoms with Crippen LogP contribution in [0.25, 0.3) is 0 Å². The van der Waals surface area contributed by atoms with Crippen molar-refractivity contribution in [2.24, 2.45) is 0 Å². The van der Waals surface area contributed by atoms with Crippen molar-refractivity contribution in [3.05, 3.63) is 59.9 Å². The highest BCUT2D eigenvalue weighted by molar-refractivity contribution is 5.95. The maximum Gasteiger partial charge on any atom is 0.246 e. The maximum absolute atomic E-state index is 12.3. The molecule has 1 aliphatic heterocycles. The lowest BCUT2D eigenvalue weighted by Crippen LogP contribution is -2.38. The van der Waals surface area contributed by atoms with Crippen LogP contribution < -0.4 is 10.6 Å². The summed E-state index contributed by atoms with van der Waals surface area (Å²) in [7, 11) is 0. The van der Waals surface area contributed by atoms with Gasteiger partial charge in [0.1, 0.15) is 6.04 Å². The zero-order chi connectivity index (χ0) is 13.1. The molecule has 1 aliphatic rings. The Kier molecular flexibility index (Phi) is 3.25. The number of pyridine rings is 1. The average molecular weight is 253 g/mol. The van der Waals surface area contributed by atoms with Gasteiger partial charge < -0.3 is 10.6 Å². The summed E-state index contributed by atoms with van der Waals surface area (Å²) in [6.45, 7) is 0.822. The second kappa shape index (κ2) is 5.20. The van der Waals surface area contributed by atoms with Gasteiger partial charge in [-0.05, 0) is 29.7 Å². The topological polar surface area (TPSA) is 54.0 Å². The highest BCUT2D eigenvalue weighted by atomic mass is 16.2. The van der Waals surface area contributed by atoms with Crippen molar-refractivity contribution in [2.75, 3.05) is 11.9 Å². The van der Waals surface area contributed by atoms with Crippen LogP contribution in [0.4, 0.5) is 5.69 Å². The molecule has 1 atom stereocenters. The Balaban J connectivity index is 1.82. The molecule has 3 rings (SSSR count). The quantitative estimate of drug-likeness (QED) is 0.859. The fraction of sp³-hybridized carbons (Fsp3) is 0.200. The van der Waals surface area contributed by atoms with Crippen molar-refractivity contribution in [2.45, 2.75) is 12.5 Å². The van der Waals surface area contributed by atoms with Crippen LogP contribution in [0.5, 0.6) is 0 Å². The zero-order valence-electron chi connectivity index (χ0n) is 10.5. The number of rotatable bonds is 2. The van der Waals surface area contributed by atoms with Gasteiger partial charge in [-0.2, -0.15) is 0 Å². The first-order chi connectivity index (χ1) is 9.34. The molecule has 0 aliphatic carbocycles. The second-order valence-electron chi connectivity index (χ2n) is 4.57. The van der Waals surface area contributed by atoms with Gasteiger partial charge in [-0.1, -0.05) is 24.3 Å². The minimum absolute atomic E-state index is 0.0415. The Morgan fingerprint density at radius 3 is 3.00 bits per heavy atom. The number of amides is 1. The van der Waals surface area contributed by atoms with Gasteiger partial charge in [-0.3, -0.25) is 9.78 Å². The fourth-order valence-corrected chi connectivity index (χ4v) is 2.39. The Bertz CT molecular complexity index is 583. The number of aromatic nitrogens is 1. The lowest BCUT2D eigenvalue weighted by molar-refractivity contribution is -0.118. The lowest BCUT2D eigenvalue weighted by atomic mass is 9.94. The summed E-state index contributed by atoms with van der Waals surface area (Å²) in [4.78, 5) is 16.3. The smallest absolute Gasteiger partial charge is 0.246 e. The molecule has 2 N–H and O–H groups in total. The summed E-state index contributed by atoms with van der Waals surface area (Å²) in [5.74, 6) is -0.0415. The Labute approximate surface area is 111 Å².